The van der Waals surface area contributed by atoms with Crippen LogP contribution in [0.5, 0.6) is 0 Å². The minimum Gasteiger partial charge on any atom is -0.299 e. The number of nitrogens with one attached hydrogen (secondary N) is 1. The number of hydrogen-bond donors (Lipinski definition) is 1. The minimum atomic E-state index is -3.72. The van der Waals surface area contributed by atoms with Crippen molar-refractivity contribution in [2.45, 2.75) is 88.9 Å². The molecule has 5 fully saturated rings. The summed E-state index contributed by atoms with van der Waals surface area (Å²) in [5, 5.41) is 4.63. The number of ketones is 1. The van der Waals surface area contributed by atoms with Crippen LogP contribution < -0.4 is 4.83 Å². The van der Waals surface area contributed by atoms with Gasteiger partial charge < -0.3 is 0 Å². The maximum absolute atomic E-state index is 13.5. The number of Topliss-reactive ketones (excluding diaryl/α,β-unsaturated/α-hetero) is 1. The van der Waals surface area contributed by atoms with Gasteiger partial charge in [0, 0.05) is 24.0 Å². The topological polar surface area (TPSA) is 75.6 Å². The second kappa shape index (κ2) is 7.66. The van der Waals surface area contributed by atoms with Gasteiger partial charge >= 0.3 is 0 Å². The molecular weight excluding hydrogens is 432 g/mol. The van der Waals surface area contributed by atoms with E-state index >= 15 is 0 Å². The molecule has 5 aliphatic carbocycles. The molecule has 6 heteroatoms. The maximum atomic E-state index is 13.5. The number of hydrazone groups is 1. The fourth-order valence-electron chi connectivity index (χ4n) is 9.01. The van der Waals surface area contributed by atoms with Gasteiger partial charge in [0.05, 0.1) is 4.90 Å². The summed E-state index contributed by atoms with van der Waals surface area (Å²) in [5.41, 5.74) is 2.30. The molecule has 6 rings (SSSR count). The van der Waals surface area contributed by atoms with Crippen molar-refractivity contribution in [1.29, 1.82) is 0 Å². The monoisotopic (exact) mass is 468 g/mol. The highest BCUT2D eigenvalue weighted by molar-refractivity contribution is 7.89. The van der Waals surface area contributed by atoms with Gasteiger partial charge in [0.25, 0.3) is 10.0 Å². The molecule has 5 nitrogen and oxygen atoms in total. The number of fused-ring (bicyclic) bond motifs is 3. The van der Waals surface area contributed by atoms with Crippen molar-refractivity contribution >= 4 is 21.5 Å². The molecule has 0 aromatic heterocycles. The molecule has 4 bridgehead atoms. The average Bonchev–Trinajstić information content (AvgIpc) is 3.10. The van der Waals surface area contributed by atoms with Crippen LogP contribution in [0.3, 0.4) is 0 Å². The number of hydrogen-bond acceptors (Lipinski definition) is 4. The van der Waals surface area contributed by atoms with Gasteiger partial charge in [-0.3, -0.25) is 4.79 Å². The zero-order valence-corrected chi connectivity index (χ0v) is 20.5. The van der Waals surface area contributed by atoms with Gasteiger partial charge in [-0.05, 0) is 73.8 Å². The van der Waals surface area contributed by atoms with E-state index in [1.165, 1.54) is 64.2 Å². The Morgan fingerprint density at radius 1 is 0.879 bits per heavy atom. The van der Waals surface area contributed by atoms with Crippen molar-refractivity contribution in [2.24, 2.45) is 39.6 Å². The van der Waals surface area contributed by atoms with Gasteiger partial charge in [0.1, 0.15) is 5.78 Å². The van der Waals surface area contributed by atoms with Crippen molar-refractivity contribution in [1.82, 2.24) is 4.83 Å². The lowest BCUT2D eigenvalue weighted by molar-refractivity contribution is -0.224. The minimum absolute atomic E-state index is 0.0635. The smallest absolute Gasteiger partial charge is 0.276 e. The Bertz CT molecular complexity index is 1090. The van der Waals surface area contributed by atoms with E-state index in [9.17, 15) is 13.2 Å². The molecule has 6 atom stereocenters. The average molecular weight is 469 g/mol. The zero-order chi connectivity index (χ0) is 22.8. The molecule has 178 valence electrons. The molecule has 0 saturated heterocycles. The molecular formula is C27H36N2O3S. The summed E-state index contributed by atoms with van der Waals surface area (Å²) in [5.74, 6) is 1.78. The molecule has 5 aliphatic rings. The Kier molecular flexibility index (Phi) is 5.06. The van der Waals surface area contributed by atoms with Crippen molar-refractivity contribution in [3.63, 3.8) is 0 Å². The van der Waals surface area contributed by atoms with Gasteiger partial charge in [-0.25, -0.2) is 4.83 Å². The number of sulfonamides is 1. The van der Waals surface area contributed by atoms with Crippen molar-refractivity contribution in [3.05, 3.63) is 29.8 Å². The van der Waals surface area contributed by atoms with Gasteiger partial charge in [-0.15, -0.1) is 0 Å². The molecule has 0 radical (unpaired) electrons. The quantitative estimate of drug-likeness (QED) is 0.605. The largest absolute Gasteiger partial charge is 0.299 e. The predicted octanol–water partition coefficient (Wildman–Crippen LogP) is 5.39. The molecule has 0 heterocycles. The first-order chi connectivity index (χ1) is 15.8. The highest BCUT2D eigenvalue weighted by atomic mass is 32.2. The summed E-state index contributed by atoms with van der Waals surface area (Å²) in [4.78, 5) is 16.3. The lowest BCUT2D eigenvalue weighted by atomic mass is 9.29. The first-order valence-electron chi connectivity index (χ1n) is 13.0. The van der Waals surface area contributed by atoms with E-state index < -0.39 is 10.0 Å². The van der Waals surface area contributed by atoms with E-state index in [0.717, 1.165) is 24.1 Å². The van der Waals surface area contributed by atoms with Crippen LogP contribution in [0.15, 0.2) is 34.3 Å². The Morgan fingerprint density at radius 2 is 1.48 bits per heavy atom. The predicted molar refractivity (Wildman–Crippen MR) is 128 cm³/mol. The summed E-state index contributed by atoms with van der Waals surface area (Å²) in [7, 11) is -3.72. The third-order valence-corrected chi connectivity index (χ3v) is 11.4. The summed E-state index contributed by atoms with van der Waals surface area (Å²) in [6.45, 7) is 1.94. The molecule has 0 amide bonds. The Balaban J connectivity index is 1.38. The summed E-state index contributed by atoms with van der Waals surface area (Å²) in [6.07, 6.45) is 13.8. The molecule has 5 saturated carbocycles. The maximum Gasteiger partial charge on any atom is 0.276 e. The van der Waals surface area contributed by atoms with E-state index in [1.54, 1.807) is 12.1 Å². The molecule has 1 N–H and O–H groups in total. The first-order valence-corrected chi connectivity index (χ1v) is 14.5. The molecule has 0 aliphatic heterocycles. The second-order valence-electron chi connectivity index (χ2n) is 11.8. The van der Waals surface area contributed by atoms with Crippen LogP contribution >= 0.6 is 0 Å². The Hall–Kier alpha value is -1.69. The van der Waals surface area contributed by atoms with Crippen molar-refractivity contribution in [3.8, 4) is 0 Å². The van der Waals surface area contributed by atoms with Crippen LogP contribution in [-0.4, -0.2) is 19.9 Å². The van der Waals surface area contributed by atoms with Crippen molar-refractivity contribution in [2.75, 3.05) is 0 Å². The number of carbonyl (C=O) groups is 1. The highest BCUT2D eigenvalue weighted by Gasteiger charge is 2.76. The van der Waals surface area contributed by atoms with E-state index in [1.807, 2.05) is 19.1 Å². The molecule has 2 spiro atoms. The van der Waals surface area contributed by atoms with E-state index in [2.05, 4.69) is 9.93 Å². The third kappa shape index (κ3) is 3.19. The lowest BCUT2D eigenvalue weighted by Crippen LogP contribution is -2.73. The zero-order valence-electron chi connectivity index (χ0n) is 19.7. The van der Waals surface area contributed by atoms with Crippen LogP contribution in [0, 0.1) is 41.4 Å². The van der Waals surface area contributed by atoms with Crippen LogP contribution in [0.1, 0.15) is 82.6 Å². The summed E-state index contributed by atoms with van der Waals surface area (Å²) < 4.78 is 26.0. The van der Waals surface area contributed by atoms with E-state index in [0.29, 0.717) is 17.6 Å². The third-order valence-electron chi connectivity index (χ3n) is 10.1. The van der Waals surface area contributed by atoms with Crippen LogP contribution in [0.2, 0.25) is 0 Å². The van der Waals surface area contributed by atoms with E-state index in [4.69, 9.17) is 0 Å². The number of aryl methyl sites for hydroxylation is 1. The van der Waals surface area contributed by atoms with Gasteiger partial charge in [0.15, 0.2) is 0 Å². The Labute approximate surface area is 197 Å². The lowest BCUT2D eigenvalue weighted by Gasteiger charge is -2.74. The number of rotatable bonds is 3. The summed E-state index contributed by atoms with van der Waals surface area (Å²) >= 11 is 0. The van der Waals surface area contributed by atoms with Gasteiger partial charge in [-0.2, -0.15) is 13.5 Å². The second-order valence-corrected chi connectivity index (χ2v) is 13.4. The standard InChI is InChI=1S/C27H36N2O3S/c1-18-8-10-21(11-9-18)33(31,32)29-28-22-14-19-6-2-4-12-26(16-19)24(22)25-23(30)15-20-7-3-5-13-27(25,26)17-20/h8-11,19-20,24-25,29H,2-7,12-17H2,1H3. The number of nitrogens with zero attached hydrogens (tertiary/aromatic N) is 1. The number of benzene rings is 1. The normalized spacial score (nSPS) is 41.2. The first kappa shape index (κ1) is 21.8. The van der Waals surface area contributed by atoms with Crippen LogP contribution in [0.4, 0.5) is 0 Å². The highest BCUT2D eigenvalue weighted by Crippen LogP contribution is 2.78. The molecule has 6 unspecified atom stereocenters. The summed E-state index contributed by atoms with van der Waals surface area (Å²) in [6, 6.07) is 6.89. The van der Waals surface area contributed by atoms with Gasteiger partial charge in [-0.1, -0.05) is 56.2 Å². The Morgan fingerprint density at radius 3 is 2.15 bits per heavy atom. The van der Waals surface area contributed by atoms with Crippen molar-refractivity contribution < 1.29 is 13.2 Å². The SMILES string of the molecule is Cc1ccc(S(=O)(=O)NN=C2CC3CCCCC4(C3)C2C2C(=O)CC3CCCCC24C3)cc1. The fraction of sp³-hybridized carbons (Fsp3) is 0.704. The van der Waals surface area contributed by atoms with Crippen LogP contribution in [0.25, 0.3) is 0 Å². The fourth-order valence-corrected chi connectivity index (χ4v) is 9.85. The number of carbonyl (C=O) groups excluding carboxylic acids is 1. The molecule has 1 aromatic carbocycles. The van der Waals surface area contributed by atoms with E-state index in [-0.39, 0.29) is 27.6 Å². The molecule has 1 aromatic rings. The van der Waals surface area contributed by atoms with Crippen LogP contribution in [-0.2, 0) is 14.8 Å². The molecule has 33 heavy (non-hydrogen) atoms. The van der Waals surface area contributed by atoms with Gasteiger partial charge in [0.2, 0.25) is 0 Å².